The lowest BCUT2D eigenvalue weighted by molar-refractivity contribution is -0.126. The molecule has 0 aliphatic carbocycles. The summed E-state index contributed by atoms with van der Waals surface area (Å²) in [7, 11) is 0. The van der Waals surface area contributed by atoms with Crippen LogP contribution in [0.25, 0.3) is 98.5 Å². The average molecular weight is 1860 g/mol. The van der Waals surface area contributed by atoms with Crippen LogP contribution in [0.3, 0.4) is 0 Å². The highest BCUT2D eigenvalue weighted by Gasteiger charge is 2.36. The Morgan fingerprint density at radius 3 is 1.06 bits per heavy atom. The molecule has 0 saturated carbocycles. The number of rotatable bonds is 12. The molecule has 0 spiro atoms. The maximum Gasteiger partial charge on any atom is 0.410 e. The van der Waals surface area contributed by atoms with E-state index in [1.54, 1.807) is 112 Å². The number of fused-ring (bicyclic) bond motifs is 3. The number of aryl methyl sites for hydroxylation is 3. The molecule has 9 aromatic heterocycles. The fourth-order valence-electron chi connectivity index (χ4n) is 15.6. The number of ether oxygens (including phenoxy) is 2. The van der Waals surface area contributed by atoms with Gasteiger partial charge >= 0.3 is 12.2 Å². The largest absolute Gasteiger partial charge is 0.518 e. The lowest BCUT2D eigenvalue weighted by Gasteiger charge is -2.37. The molecule has 3 aliphatic rings. The van der Waals surface area contributed by atoms with Crippen molar-refractivity contribution in [3.63, 3.8) is 0 Å². The van der Waals surface area contributed by atoms with Crippen LogP contribution in [-0.4, -0.2) is 171 Å². The number of nitrogens with zero attached hydrogens (tertiary/aromatic N) is 17. The summed E-state index contributed by atoms with van der Waals surface area (Å²) >= 11 is 20.0. The second-order valence-electron chi connectivity index (χ2n) is 34.1. The molecule has 3 aromatic carbocycles. The molecular formula is C99H106Cl3F3N18O9. The predicted octanol–water partition coefficient (Wildman–Crippen LogP) is 21.4. The first kappa shape index (κ1) is 101. The van der Waals surface area contributed by atoms with Gasteiger partial charge in [0, 0.05) is 125 Å². The van der Waals surface area contributed by atoms with Gasteiger partial charge in [0.15, 0.2) is 0 Å². The monoisotopic (exact) mass is 1850 g/mol. The van der Waals surface area contributed by atoms with Gasteiger partial charge in [-0.15, -0.1) is 0 Å². The number of aromatic hydroxyl groups is 1. The van der Waals surface area contributed by atoms with Crippen molar-refractivity contribution in [1.29, 1.82) is 0 Å². The zero-order valence-corrected chi connectivity index (χ0v) is 77.0. The van der Waals surface area contributed by atoms with E-state index in [1.165, 1.54) is 50.1 Å². The number of piperazine rings is 3. The average Bonchev–Trinajstić information content (AvgIpc) is 0.731. The normalized spacial score (nSPS) is 13.3. The molecule has 3 fully saturated rings. The summed E-state index contributed by atoms with van der Waals surface area (Å²) in [4.78, 5) is 126. The Labute approximate surface area is 780 Å². The number of hydrogen-bond acceptors (Lipinski definition) is 18. The van der Waals surface area contributed by atoms with Crippen LogP contribution in [-0.2, 0) is 14.3 Å². The summed E-state index contributed by atoms with van der Waals surface area (Å²) in [5.74, 6) is -2.38. The molecule has 0 atom stereocenters. The molecule has 688 valence electrons. The number of hydrogen-bond donors (Lipinski definition) is 2. The second-order valence-corrected chi connectivity index (χ2v) is 35.3. The third kappa shape index (κ3) is 21.1. The van der Waals surface area contributed by atoms with E-state index in [2.05, 4.69) is 46.4 Å². The standard InChI is InChI=1S/C33H34ClFN6O3.C31H28ClFN6O2.C24H18ClFN4O2.C9H18N2O2.2CH4/c1-19(2)25-28(20(3)12-13-37-25)41-30-22(18-23(34)26(38-30)21-10-8-9-11-24(21)35)29(27(36-7)31(41)42)39-14-16-40(17-15-39)32(43)44-33(4,5)6;1-6-24(40)37-13-15-38(16-14-37)29-21-17-22(32)26(20-9-7-8-10-23(20)33)36-30(21)39(31(41)27(29)34-5)28-19(4)11-12-35-25(28)18(2)3;1-12(2)18-21(13(3)9-10-28-18)30-23-15(22(31)20(27-4)24(30)32)11-16(25)19(29-23)14-7-5-6-8-17(14)26;1-9(2,3)13-8(12)11-6-4-10-5-7-11;;/h8-13,18-19H,14-17H2,1-6H3;6-12,17-18H,1,13-16H2,2-4H3;5-12,31H,1-3H3;10H,4-7H2,1-3H3;2*1H4. The van der Waals surface area contributed by atoms with Gasteiger partial charge in [0.05, 0.1) is 103 Å². The Morgan fingerprint density at radius 1 is 0.462 bits per heavy atom. The Kier molecular flexibility index (Phi) is 32.1. The van der Waals surface area contributed by atoms with E-state index in [9.17, 15) is 42.7 Å². The van der Waals surface area contributed by atoms with Crippen LogP contribution in [0.5, 0.6) is 5.75 Å². The molecule has 12 heterocycles. The van der Waals surface area contributed by atoms with Crippen molar-refractivity contribution >= 4 is 114 Å². The first-order valence-electron chi connectivity index (χ1n) is 42.1. The molecule has 12 aromatic rings. The highest BCUT2D eigenvalue weighted by Crippen LogP contribution is 2.45. The van der Waals surface area contributed by atoms with Gasteiger partial charge in [0.25, 0.3) is 33.7 Å². The summed E-state index contributed by atoms with van der Waals surface area (Å²) in [6.07, 6.45) is 5.67. The molecule has 3 aliphatic heterocycles. The van der Waals surface area contributed by atoms with E-state index in [0.29, 0.717) is 109 Å². The van der Waals surface area contributed by atoms with Crippen molar-refractivity contribution < 1.29 is 42.1 Å². The van der Waals surface area contributed by atoms with Gasteiger partial charge < -0.3 is 44.4 Å². The molecule has 0 bridgehead atoms. The summed E-state index contributed by atoms with van der Waals surface area (Å²) < 4.78 is 59.4. The van der Waals surface area contributed by atoms with Gasteiger partial charge in [-0.25, -0.2) is 52.2 Å². The van der Waals surface area contributed by atoms with Crippen LogP contribution in [0.2, 0.25) is 15.1 Å². The summed E-state index contributed by atoms with van der Waals surface area (Å²) in [5, 5.41) is 15.3. The van der Waals surface area contributed by atoms with Gasteiger partial charge in [-0.2, -0.15) is 0 Å². The first-order valence-corrected chi connectivity index (χ1v) is 43.3. The first-order chi connectivity index (χ1) is 61.7. The van der Waals surface area contributed by atoms with Crippen molar-refractivity contribution in [2.24, 2.45) is 0 Å². The fraction of sp³-hybridized carbons (Fsp3) is 0.343. The number of benzene rings is 3. The third-order valence-corrected chi connectivity index (χ3v) is 22.6. The third-order valence-electron chi connectivity index (χ3n) is 21.8. The molecule has 33 heteroatoms. The van der Waals surface area contributed by atoms with Gasteiger partial charge in [0.1, 0.15) is 51.3 Å². The smallest absolute Gasteiger partial charge is 0.410 e. The topological polar surface area (TPSA) is 275 Å². The Hall–Kier alpha value is -13.6. The zero-order chi connectivity index (χ0) is 94.4. The van der Waals surface area contributed by atoms with Crippen LogP contribution in [0, 0.1) is 57.9 Å². The number of pyridine rings is 9. The molecule has 15 rings (SSSR count). The molecule has 3 saturated heterocycles. The highest BCUT2D eigenvalue weighted by molar-refractivity contribution is 6.35. The van der Waals surface area contributed by atoms with Gasteiger partial charge in [-0.3, -0.25) is 47.8 Å². The van der Waals surface area contributed by atoms with Crippen LogP contribution < -0.4 is 31.8 Å². The van der Waals surface area contributed by atoms with Crippen LogP contribution >= 0.6 is 34.8 Å². The minimum Gasteiger partial charge on any atom is -0.518 e. The van der Waals surface area contributed by atoms with Crippen molar-refractivity contribution in [3.8, 4) is 56.6 Å². The molecule has 132 heavy (non-hydrogen) atoms. The van der Waals surface area contributed by atoms with E-state index in [4.69, 9.17) is 74.0 Å². The van der Waals surface area contributed by atoms with Crippen LogP contribution in [0.15, 0.2) is 155 Å². The van der Waals surface area contributed by atoms with E-state index in [-0.39, 0.29) is 133 Å². The Bertz CT molecular complexity index is 6780. The number of amides is 3. The maximum absolute atomic E-state index is 15.0. The molecule has 0 radical (unpaired) electrons. The number of carbonyl (C=O) groups is 3. The number of halogens is 6. The van der Waals surface area contributed by atoms with Crippen molar-refractivity contribution in [1.82, 2.24) is 63.6 Å². The Balaban J connectivity index is 0.000000192. The van der Waals surface area contributed by atoms with Gasteiger partial charge in [-0.1, -0.05) is 134 Å². The van der Waals surface area contributed by atoms with E-state index < -0.39 is 57.3 Å². The molecule has 0 unspecified atom stereocenters. The summed E-state index contributed by atoms with van der Waals surface area (Å²) in [6.45, 7) is 61.7. The zero-order valence-electron chi connectivity index (χ0n) is 74.7. The van der Waals surface area contributed by atoms with Crippen molar-refractivity contribution in [3.05, 3.63) is 272 Å². The minimum atomic E-state index is -0.739. The van der Waals surface area contributed by atoms with Crippen LogP contribution in [0.1, 0.15) is 149 Å². The molecule has 2 N–H and O–H groups in total. The van der Waals surface area contributed by atoms with Crippen molar-refractivity contribution in [2.75, 3.05) is 88.3 Å². The number of aromatic nitrogens is 9. The highest BCUT2D eigenvalue weighted by atomic mass is 35.5. The predicted molar refractivity (Wildman–Crippen MR) is 517 cm³/mol. The molecular weight excluding hydrogens is 1750 g/mol. The number of anilines is 2. The number of nitrogens with one attached hydrogen (secondary N) is 1. The maximum atomic E-state index is 15.0. The number of carbonyl (C=O) groups excluding carboxylic acids is 3. The SMILES string of the molecule is C.C.CC(C)(C)OC(=O)N1CCNCC1.[C-]#[N+]c1c(N2CCN(C(=O)C=C)CC2)c2cc(Cl)c(-c3ccccc3F)nc2n(-c2c(C)ccnc2C(C)C)c1=O.[C-]#[N+]c1c(N2CCN(C(=O)OC(C)(C)C)CC2)c2cc(Cl)c(-c3ccccc3F)nc2n(-c2c(C)ccnc2C(C)C)c1=O.[C-]#[N+]c1c(O)c2cc(Cl)c(-c3ccccc3F)nc2n(-c2c(C)ccnc2C(C)C)c1=O. The van der Waals surface area contributed by atoms with Gasteiger partial charge in [-0.05, 0) is 176 Å². The molecule has 27 nitrogen and oxygen atoms in total. The minimum absolute atomic E-state index is 0. The lowest BCUT2D eigenvalue weighted by atomic mass is 10.0. The quantitative estimate of drug-likeness (QED) is 0.0849. The molecule has 3 amide bonds. The van der Waals surface area contributed by atoms with Gasteiger partial charge in [0.2, 0.25) is 5.91 Å². The van der Waals surface area contributed by atoms with E-state index in [1.807, 2.05) is 114 Å². The fourth-order valence-corrected chi connectivity index (χ4v) is 16.4. The lowest BCUT2D eigenvalue weighted by Crippen LogP contribution is -2.50. The second kappa shape index (κ2) is 42.1. The van der Waals surface area contributed by atoms with Crippen LogP contribution in [0.4, 0.5) is 51.2 Å². The van der Waals surface area contributed by atoms with E-state index >= 15 is 4.39 Å². The Morgan fingerprint density at radius 2 is 0.758 bits per heavy atom. The summed E-state index contributed by atoms with van der Waals surface area (Å²) in [5.41, 5.74) is 4.53. The van der Waals surface area contributed by atoms with E-state index in [0.717, 1.165) is 42.9 Å². The van der Waals surface area contributed by atoms with Crippen molar-refractivity contribution in [2.45, 2.75) is 148 Å². The summed E-state index contributed by atoms with van der Waals surface area (Å²) in [6, 6.07) is 28.4.